The molecule has 6 heteroatoms. The minimum absolute atomic E-state index is 0.116. The number of hydrogen-bond donors (Lipinski definition) is 0. The second-order valence-electron chi connectivity index (χ2n) is 6.59. The smallest absolute Gasteiger partial charge is 0.417 e. The van der Waals surface area contributed by atoms with Gasteiger partial charge >= 0.3 is 6.09 Å². The first-order valence-corrected chi connectivity index (χ1v) is 9.74. The van der Waals surface area contributed by atoms with Crippen molar-refractivity contribution in [3.05, 3.63) is 65.7 Å². The fraction of sp³-hybridized carbons (Fsp3) is 0.333. The van der Waals surface area contributed by atoms with Crippen LogP contribution in [0.25, 0.3) is 0 Å². The number of cyclic esters (lactones) is 1. The van der Waals surface area contributed by atoms with Crippen LogP contribution in [0.15, 0.2) is 54.6 Å². The van der Waals surface area contributed by atoms with Crippen molar-refractivity contribution in [2.75, 3.05) is 13.7 Å². The number of carbonyl (C=O) groups excluding carboxylic acids is 2. The molecule has 27 heavy (non-hydrogen) atoms. The summed E-state index contributed by atoms with van der Waals surface area (Å²) in [4.78, 5) is 26.0. The van der Waals surface area contributed by atoms with E-state index < -0.39 is 10.9 Å². The molecule has 0 spiro atoms. The second kappa shape index (κ2) is 8.57. The van der Waals surface area contributed by atoms with Gasteiger partial charge in [0.2, 0.25) is 5.91 Å². The Hall–Kier alpha value is -2.34. The van der Waals surface area contributed by atoms with Crippen molar-refractivity contribution in [1.82, 2.24) is 4.90 Å². The van der Waals surface area contributed by atoms with Gasteiger partial charge in [-0.1, -0.05) is 65.3 Å². The zero-order valence-corrected chi connectivity index (χ0v) is 16.9. The van der Waals surface area contributed by atoms with Crippen molar-refractivity contribution in [2.45, 2.75) is 30.1 Å². The summed E-state index contributed by atoms with van der Waals surface area (Å²) in [5.41, 5.74) is 2.05. The maximum Gasteiger partial charge on any atom is 0.417 e. The van der Waals surface area contributed by atoms with E-state index in [4.69, 9.17) is 9.47 Å². The number of amides is 2. The normalized spacial score (nSPS) is 18.7. The first-order chi connectivity index (χ1) is 13.0. The van der Waals surface area contributed by atoms with Gasteiger partial charge < -0.3 is 9.47 Å². The van der Waals surface area contributed by atoms with Gasteiger partial charge in [0.05, 0.1) is 13.2 Å². The average molecular weight is 432 g/mol. The highest BCUT2D eigenvalue weighted by molar-refractivity contribution is 9.10. The minimum Gasteiger partial charge on any atom is -0.497 e. The molecule has 2 amide bonds. The molecule has 142 valence electrons. The third kappa shape index (κ3) is 4.33. The molecule has 0 aromatic heterocycles. The summed E-state index contributed by atoms with van der Waals surface area (Å²) in [7, 11) is 1.61. The topological polar surface area (TPSA) is 55.8 Å². The minimum atomic E-state index is -0.577. The van der Waals surface area contributed by atoms with Crippen LogP contribution < -0.4 is 4.74 Å². The molecular formula is C21H22BrNO4. The number of benzene rings is 2. The van der Waals surface area contributed by atoms with E-state index in [1.165, 1.54) is 4.90 Å². The lowest BCUT2D eigenvalue weighted by Gasteiger charge is -2.25. The Labute approximate surface area is 167 Å². The first-order valence-electron chi connectivity index (χ1n) is 8.83. The fourth-order valence-corrected chi connectivity index (χ4v) is 3.72. The van der Waals surface area contributed by atoms with Crippen LogP contribution in [-0.2, 0) is 16.0 Å². The van der Waals surface area contributed by atoms with Gasteiger partial charge in [-0.2, -0.15) is 0 Å². The van der Waals surface area contributed by atoms with Crippen molar-refractivity contribution in [2.24, 2.45) is 0 Å². The number of hydrogen-bond acceptors (Lipinski definition) is 4. The van der Waals surface area contributed by atoms with Crippen LogP contribution in [0.3, 0.4) is 0 Å². The summed E-state index contributed by atoms with van der Waals surface area (Å²) in [6, 6.07) is 17.1. The van der Waals surface area contributed by atoms with E-state index >= 15 is 0 Å². The van der Waals surface area contributed by atoms with E-state index in [-0.39, 0.29) is 24.5 Å². The van der Waals surface area contributed by atoms with Gasteiger partial charge in [-0.25, -0.2) is 9.69 Å². The molecule has 0 unspecified atom stereocenters. The molecule has 1 saturated heterocycles. The van der Waals surface area contributed by atoms with Gasteiger partial charge in [0.1, 0.15) is 17.2 Å². The van der Waals surface area contributed by atoms with E-state index in [9.17, 15) is 9.59 Å². The molecule has 1 aliphatic heterocycles. The van der Waals surface area contributed by atoms with E-state index in [0.29, 0.717) is 6.42 Å². The summed E-state index contributed by atoms with van der Waals surface area (Å²) < 4.78 is 10.3. The van der Waals surface area contributed by atoms with Crippen molar-refractivity contribution < 1.29 is 19.1 Å². The second-order valence-corrected chi connectivity index (χ2v) is 7.58. The zero-order valence-electron chi connectivity index (χ0n) is 15.3. The number of halogens is 1. The Morgan fingerprint density at radius 1 is 1.22 bits per heavy atom. The SMILES string of the molecule is COc1ccc([C@H](C)[C@@H](Br)C(=O)N2C(=O)OC[C@H]2Cc2ccccc2)cc1. The molecule has 2 aromatic rings. The molecule has 0 saturated carbocycles. The molecule has 1 aliphatic rings. The number of carbonyl (C=O) groups is 2. The predicted molar refractivity (Wildman–Crippen MR) is 106 cm³/mol. The van der Waals surface area contributed by atoms with Gasteiger partial charge in [0.15, 0.2) is 0 Å². The van der Waals surface area contributed by atoms with E-state index in [0.717, 1.165) is 16.9 Å². The number of rotatable bonds is 6. The molecule has 2 aromatic carbocycles. The number of imide groups is 1. The largest absolute Gasteiger partial charge is 0.497 e. The summed E-state index contributed by atoms with van der Waals surface area (Å²) in [5, 5.41) is 0. The van der Waals surface area contributed by atoms with Crippen LogP contribution in [0.4, 0.5) is 4.79 Å². The lowest BCUT2D eigenvalue weighted by molar-refractivity contribution is -0.128. The molecule has 3 atom stereocenters. The van der Waals surface area contributed by atoms with E-state index in [1.54, 1.807) is 7.11 Å². The lowest BCUT2D eigenvalue weighted by atomic mass is 9.96. The summed E-state index contributed by atoms with van der Waals surface area (Å²) in [5.74, 6) is 0.366. The Kier molecular flexibility index (Phi) is 6.16. The van der Waals surface area contributed by atoms with Gasteiger partial charge in [-0.05, 0) is 29.7 Å². The summed E-state index contributed by atoms with van der Waals surface area (Å²) in [6.45, 7) is 2.17. The monoisotopic (exact) mass is 431 g/mol. The molecular weight excluding hydrogens is 410 g/mol. The van der Waals surface area contributed by atoms with Crippen molar-refractivity contribution in [1.29, 1.82) is 0 Å². The standard InChI is InChI=1S/C21H22BrNO4/c1-14(16-8-10-18(26-2)11-9-16)19(22)20(24)23-17(13-27-21(23)25)12-15-6-4-3-5-7-15/h3-11,14,17,19H,12-13H2,1-2H3/t14-,17+,19+/m0/s1. The van der Waals surface area contributed by atoms with Crippen LogP contribution in [0.1, 0.15) is 24.0 Å². The molecule has 1 fully saturated rings. The highest BCUT2D eigenvalue weighted by Gasteiger charge is 2.41. The maximum atomic E-state index is 13.0. The van der Waals surface area contributed by atoms with Gasteiger partial charge in [-0.15, -0.1) is 0 Å². The summed E-state index contributed by atoms with van der Waals surface area (Å²) >= 11 is 3.50. The molecule has 0 bridgehead atoms. The third-order valence-corrected chi connectivity index (χ3v) is 6.01. The van der Waals surface area contributed by atoms with Crippen LogP contribution in [0.5, 0.6) is 5.75 Å². The van der Waals surface area contributed by atoms with E-state index in [2.05, 4.69) is 15.9 Å². The quantitative estimate of drug-likeness (QED) is 0.644. The number of nitrogens with zero attached hydrogens (tertiary/aromatic N) is 1. The lowest BCUT2D eigenvalue weighted by Crippen LogP contribution is -2.45. The highest BCUT2D eigenvalue weighted by Crippen LogP contribution is 2.30. The molecule has 1 heterocycles. The molecule has 5 nitrogen and oxygen atoms in total. The number of ether oxygens (including phenoxy) is 2. The zero-order chi connectivity index (χ0) is 19.4. The molecule has 3 rings (SSSR count). The Morgan fingerprint density at radius 2 is 1.89 bits per heavy atom. The van der Waals surface area contributed by atoms with Crippen LogP contribution in [-0.4, -0.2) is 41.5 Å². The molecule has 0 N–H and O–H groups in total. The van der Waals surface area contributed by atoms with Crippen molar-refractivity contribution in [3.63, 3.8) is 0 Å². The fourth-order valence-electron chi connectivity index (χ4n) is 3.19. The maximum absolute atomic E-state index is 13.0. The summed E-state index contributed by atoms with van der Waals surface area (Å²) in [6.07, 6.45) is 0.00177. The van der Waals surface area contributed by atoms with Crippen LogP contribution in [0, 0.1) is 0 Å². The van der Waals surface area contributed by atoms with Crippen molar-refractivity contribution >= 4 is 27.9 Å². The predicted octanol–water partition coefficient (Wildman–Crippen LogP) is 4.15. The van der Waals surface area contributed by atoms with Crippen molar-refractivity contribution in [3.8, 4) is 5.75 Å². The van der Waals surface area contributed by atoms with Crippen LogP contribution >= 0.6 is 15.9 Å². The third-order valence-electron chi connectivity index (χ3n) is 4.83. The van der Waals surface area contributed by atoms with Gasteiger partial charge in [-0.3, -0.25) is 4.79 Å². The number of methoxy groups -OCH3 is 1. The van der Waals surface area contributed by atoms with Crippen LogP contribution in [0.2, 0.25) is 0 Å². The van der Waals surface area contributed by atoms with E-state index in [1.807, 2.05) is 61.5 Å². The Morgan fingerprint density at radius 3 is 2.52 bits per heavy atom. The average Bonchev–Trinajstić information content (AvgIpc) is 3.07. The molecule has 0 aliphatic carbocycles. The number of alkyl halides is 1. The Balaban J connectivity index is 1.73. The Bertz CT molecular complexity index is 794. The van der Waals surface area contributed by atoms with Gasteiger partial charge in [0, 0.05) is 5.92 Å². The van der Waals surface area contributed by atoms with Gasteiger partial charge in [0.25, 0.3) is 0 Å². The highest BCUT2D eigenvalue weighted by atomic mass is 79.9. The molecule has 0 radical (unpaired) electrons. The first kappa shape index (κ1) is 19.4.